The van der Waals surface area contributed by atoms with Gasteiger partial charge in [-0.2, -0.15) is 0 Å². The number of hydrogen-bond acceptors (Lipinski definition) is 2. The number of rotatable bonds is 2. The minimum absolute atomic E-state index is 0.954. The molecule has 2 nitrogen and oxygen atoms in total. The van der Waals surface area contributed by atoms with Crippen molar-refractivity contribution in [3.8, 4) is 0 Å². The molecule has 0 aromatic heterocycles. The number of dihydropyridines is 1. The fourth-order valence-corrected chi connectivity index (χ4v) is 2.92. The molecule has 1 aromatic carbocycles. The van der Waals surface area contributed by atoms with Crippen molar-refractivity contribution in [2.75, 3.05) is 25.5 Å². The van der Waals surface area contributed by atoms with Crippen LogP contribution in [0, 0.1) is 0 Å². The van der Waals surface area contributed by atoms with Gasteiger partial charge in [-0.15, -0.1) is 0 Å². The Kier molecular flexibility index (Phi) is 3.64. The molecule has 0 amide bonds. The van der Waals surface area contributed by atoms with Crippen molar-refractivity contribution >= 4 is 11.8 Å². The topological polar surface area (TPSA) is 15.3 Å². The zero-order valence-corrected chi connectivity index (χ0v) is 12.3. The lowest BCUT2D eigenvalue weighted by atomic mass is 9.83. The van der Waals surface area contributed by atoms with Gasteiger partial charge in [0.2, 0.25) is 0 Å². The van der Waals surface area contributed by atoms with Gasteiger partial charge in [-0.3, -0.25) is 0 Å². The molecule has 1 aromatic rings. The summed E-state index contributed by atoms with van der Waals surface area (Å²) < 4.78 is 0. The van der Waals surface area contributed by atoms with Crippen LogP contribution < -0.4 is 10.2 Å². The van der Waals surface area contributed by atoms with Gasteiger partial charge >= 0.3 is 0 Å². The van der Waals surface area contributed by atoms with Crippen molar-refractivity contribution in [1.29, 1.82) is 0 Å². The van der Waals surface area contributed by atoms with E-state index in [9.17, 15) is 0 Å². The minimum atomic E-state index is 0.954. The maximum Gasteiger partial charge on any atom is 0.0361 e. The normalized spacial score (nSPS) is 19.8. The van der Waals surface area contributed by atoms with Crippen LogP contribution >= 0.6 is 0 Å². The standard InChI is InChI=1S/C18H22N2/c1-20(2)17-8-6-14(7-9-17)12-15-4-3-5-16-13-19-11-10-18(15)16/h6-10,12-13,19H,3-5,11H2,1-2H3/b15-12+. The van der Waals surface area contributed by atoms with Gasteiger partial charge in [0, 0.05) is 32.5 Å². The van der Waals surface area contributed by atoms with E-state index in [2.05, 4.69) is 66.9 Å². The highest BCUT2D eigenvalue weighted by Gasteiger charge is 2.18. The van der Waals surface area contributed by atoms with Crippen molar-refractivity contribution in [2.45, 2.75) is 19.3 Å². The summed E-state index contributed by atoms with van der Waals surface area (Å²) >= 11 is 0. The quantitative estimate of drug-likeness (QED) is 0.877. The van der Waals surface area contributed by atoms with Crippen molar-refractivity contribution in [3.05, 3.63) is 58.8 Å². The molecular weight excluding hydrogens is 244 g/mol. The SMILES string of the molecule is CN(C)c1ccc(/C=C2\CCCC3=CNCC=C32)cc1. The Hall–Kier alpha value is -1.96. The summed E-state index contributed by atoms with van der Waals surface area (Å²) in [4.78, 5) is 2.13. The van der Waals surface area contributed by atoms with E-state index in [-0.39, 0.29) is 0 Å². The summed E-state index contributed by atoms with van der Waals surface area (Å²) in [6, 6.07) is 8.79. The molecule has 0 spiro atoms. The van der Waals surface area contributed by atoms with E-state index < -0.39 is 0 Å². The van der Waals surface area contributed by atoms with E-state index in [0.29, 0.717) is 0 Å². The van der Waals surface area contributed by atoms with E-state index in [1.54, 1.807) is 0 Å². The first-order valence-electron chi connectivity index (χ1n) is 7.35. The smallest absolute Gasteiger partial charge is 0.0361 e. The molecular formula is C18H22N2. The van der Waals surface area contributed by atoms with Crippen molar-refractivity contribution in [3.63, 3.8) is 0 Å². The van der Waals surface area contributed by atoms with E-state index >= 15 is 0 Å². The average Bonchev–Trinajstić information content (AvgIpc) is 2.48. The Morgan fingerprint density at radius 3 is 2.65 bits per heavy atom. The monoisotopic (exact) mass is 266 g/mol. The Bertz CT molecular complexity index is 574. The summed E-state index contributed by atoms with van der Waals surface area (Å²) in [5.41, 5.74) is 6.97. The number of nitrogens with zero attached hydrogens (tertiary/aromatic N) is 1. The molecule has 1 aliphatic heterocycles. The lowest BCUT2D eigenvalue weighted by Crippen LogP contribution is -2.16. The largest absolute Gasteiger partial charge is 0.387 e. The van der Waals surface area contributed by atoms with Crippen LogP contribution in [0.3, 0.4) is 0 Å². The zero-order valence-electron chi connectivity index (χ0n) is 12.3. The summed E-state index contributed by atoms with van der Waals surface area (Å²) in [6.07, 6.45) is 10.5. The Morgan fingerprint density at radius 2 is 1.90 bits per heavy atom. The predicted molar refractivity (Wildman–Crippen MR) is 86.8 cm³/mol. The van der Waals surface area contributed by atoms with Crippen molar-refractivity contribution in [1.82, 2.24) is 5.32 Å². The van der Waals surface area contributed by atoms with E-state index in [4.69, 9.17) is 0 Å². The third-order valence-corrected chi connectivity index (χ3v) is 4.03. The van der Waals surface area contributed by atoms with Crippen LogP contribution in [-0.4, -0.2) is 20.6 Å². The van der Waals surface area contributed by atoms with Crippen LogP contribution in [0.15, 0.2) is 53.3 Å². The van der Waals surface area contributed by atoms with Gasteiger partial charge in [-0.1, -0.05) is 24.3 Å². The second-order valence-corrected chi connectivity index (χ2v) is 5.70. The molecule has 0 radical (unpaired) electrons. The Balaban J connectivity index is 1.87. The summed E-state index contributed by atoms with van der Waals surface area (Å²) in [5, 5.41) is 3.32. The number of fused-ring (bicyclic) bond motifs is 1. The fraction of sp³-hybridized carbons (Fsp3) is 0.333. The third-order valence-electron chi connectivity index (χ3n) is 4.03. The molecule has 0 saturated heterocycles. The fourth-order valence-electron chi connectivity index (χ4n) is 2.92. The van der Waals surface area contributed by atoms with E-state index in [1.165, 1.54) is 47.2 Å². The van der Waals surface area contributed by atoms with Crippen LogP contribution in [0.4, 0.5) is 5.69 Å². The van der Waals surface area contributed by atoms with Gasteiger partial charge in [-0.05, 0) is 53.7 Å². The first-order valence-corrected chi connectivity index (χ1v) is 7.35. The number of hydrogen-bond donors (Lipinski definition) is 1. The third kappa shape index (κ3) is 2.64. The maximum atomic E-state index is 3.32. The number of anilines is 1. The number of nitrogens with one attached hydrogen (secondary N) is 1. The summed E-state index contributed by atoms with van der Waals surface area (Å²) in [5.74, 6) is 0. The van der Waals surface area contributed by atoms with Crippen LogP contribution in [0.5, 0.6) is 0 Å². The molecule has 0 bridgehead atoms. The van der Waals surface area contributed by atoms with Gasteiger partial charge in [0.05, 0.1) is 0 Å². The first-order chi connectivity index (χ1) is 9.74. The predicted octanol–water partition coefficient (Wildman–Crippen LogP) is 3.73. The van der Waals surface area contributed by atoms with Crippen LogP contribution in [-0.2, 0) is 0 Å². The van der Waals surface area contributed by atoms with Gasteiger partial charge in [-0.25, -0.2) is 0 Å². The molecule has 0 atom stereocenters. The molecule has 2 aliphatic rings. The van der Waals surface area contributed by atoms with Gasteiger partial charge < -0.3 is 10.2 Å². The molecule has 1 fully saturated rings. The molecule has 0 unspecified atom stereocenters. The average molecular weight is 266 g/mol. The second kappa shape index (κ2) is 5.58. The van der Waals surface area contributed by atoms with Gasteiger partial charge in [0.25, 0.3) is 0 Å². The van der Waals surface area contributed by atoms with Crippen molar-refractivity contribution in [2.24, 2.45) is 0 Å². The van der Waals surface area contributed by atoms with Crippen molar-refractivity contribution < 1.29 is 0 Å². The summed E-state index contributed by atoms with van der Waals surface area (Å²) in [6.45, 7) is 0.954. The van der Waals surface area contributed by atoms with Crippen LogP contribution in [0.25, 0.3) is 6.08 Å². The highest BCUT2D eigenvalue weighted by atomic mass is 15.1. The first kappa shape index (κ1) is 13.0. The lowest BCUT2D eigenvalue weighted by Gasteiger charge is -2.25. The number of benzene rings is 1. The maximum absolute atomic E-state index is 3.32. The zero-order chi connectivity index (χ0) is 13.9. The van der Waals surface area contributed by atoms with E-state index in [1.807, 2.05) is 0 Å². The lowest BCUT2D eigenvalue weighted by molar-refractivity contribution is 0.751. The van der Waals surface area contributed by atoms with Gasteiger partial charge in [0.1, 0.15) is 0 Å². The Labute approximate surface area is 121 Å². The molecule has 3 rings (SSSR count). The molecule has 1 heterocycles. The highest BCUT2D eigenvalue weighted by molar-refractivity contribution is 5.65. The number of allylic oxidation sites excluding steroid dienone is 3. The Morgan fingerprint density at radius 1 is 1.10 bits per heavy atom. The molecule has 1 N–H and O–H groups in total. The second-order valence-electron chi connectivity index (χ2n) is 5.70. The highest BCUT2D eigenvalue weighted by Crippen LogP contribution is 2.35. The molecule has 2 heteroatoms. The molecule has 20 heavy (non-hydrogen) atoms. The molecule has 104 valence electrons. The van der Waals surface area contributed by atoms with Crippen LogP contribution in [0.2, 0.25) is 0 Å². The minimum Gasteiger partial charge on any atom is -0.387 e. The van der Waals surface area contributed by atoms with Crippen LogP contribution in [0.1, 0.15) is 24.8 Å². The molecule has 1 aliphatic carbocycles. The van der Waals surface area contributed by atoms with E-state index in [0.717, 1.165) is 6.54 Å². The summed E-state index contributed by atoms with van der Waals surface area (Å²) in [7, 11) is 4.15. The molecule has 1 saturated carbocycles. The van der Waals surface area contributed by atoms with Gasteiger partial charge in [0.15, 0.2) is 0 Å².